The van der Waals surface area contributed by atoms with Gasteiger partial charge in [0.25, 0.3) is 6.47 Å². The molecule has 0 spiro atoms. The molecule has 1 heterocycles. The quantitative estimate of drug-likeness (QED) is 0.563. The summed E-state index contributed by atoms with van der Waals surface area (Å²) in [7, 11) is 0. The maximum atomic E-state index is 12.2. The molecule has 0 aliphatic heterocycles. The fourth-order valence-electron chi connectivity index (χ4n) is 1.95. The first kappa shape index (κ1) is 15.5. The zero-order valence-corrected chi connectivity index (χ0v) is 13.1. The first-order chi connectivity index (χ1) is 10.1. The summed E-state index contributed by atoms with van der Waals surface area (Å²) in [5, 5.41) is 0. The van der Waals surface area contributed by atoms with E-state index in [1.807, 2.05) is 25.1 Å². The first-order valence-electron chi connectivity index (χ1n) is 6.51. The van der Waals surface area contributed by atoms with Gasteiger partial charge in [0.2, 0.25) is 0 Å². The van der Waals surface area contributed by atoms with Crippen LogP contribution in [0, 0.1) is 0 Å². The Morgan fingerprint density at radius 1 is 1.43 bits per heavy atom. The van der Waals surface area contributed by atoms with Gasteiger partial charge >= 0.3 is 0 Å². The van der Waals surface area contributed by atoms with Gasteiger partial charge in [0.05, 0.1) is 19.3 Å². The maximum Gasteiger partial charge on any atom is 0.293 e. The molecule has 0 bridgehead atoms. The van der Waals surface area contributed by atoms with E-state index in [4.69, 9.17) is 9.15 Å². The molecule has 2 aromatic rings. The molecule has 2 rings (SSSR count). The Labute approximate surface area is 131 Å². The predicted octanol–water partition coefficient (Wildman–Crippen LogP) is 3.74. The van der Waals surface area contributed by atoms with Gasteiger partial charge in [0.15, 0.2) is 5.78 Å². The molecule has 1 aromatic carbocycles. The van der Waals surface area contributed by atoms with Crippen molar-refractivity contribution in [2.24, 2.45) is 0 Å². The summed E-state index contributed by atoms with van der Waals surface area (Å²) in [6.07, 6.45) is 1.81. The van der Waals surface area contributed by atoms with Crippen LogP contribution in [0.2, 0.25) is 0 Å². The molecule has 0 fully saturated rings. The number of furan rings is 1. The first-order valence-corrected chi connectivity index (χ1v) is 7.30. The fourth-order valence-corrected chi connectivity index (χ4v) is 2.35. The number of ether oxygens (including phenoxy) is 1. The summed E-state index contributed by atoms with van der Waals surface area (Å²) in [6.45, 7) is 2.64. The van der Waals surface area contributed by atoms with Gasteiger partial charge in [-0.15, -0.1) is 0 Å². The topological polar surface area (TPSA) is 56.5 Å². The monoisotopic (exact) mass is 350 g/mol. The van der Waals surface area contributed by atoms with E-state index in [2.05, 4.69) is 15.9 Å². The number of rotatable bonds is 7. The number of hydrogen-bond acceptors (Lipinski definition) is 4. The van der Waals surface area contributed by atoms with E-state index in [9.17, 15) is 9.59 Å². The van der Waals surface area contributed by atoms with Crippen molar-refractivity contribution in [3.8, 4) is 0 Å². The second kappa shape index (κ2) is 7.22. The van der Waals surface area contributed by atoms with Gasteiger partial charge < -0.3 is 9.15 Å². The molecule has 0 N–H and O–H groups in total. The molecule has 21 heavy (non-hydrogen) atoms. The van der Waals surface area contributed by atoms with Crippen LogP contribution in [-0.2, 0) is 16.0 Å². The molecule has 1 atom stereocenters. The third-order valence-electron chi connectivity index (χ3n) is 3.14. The minimum Gasteiger partial charge on any atom is -0.469 e. The summed E-state index contributed by atoms with van der Waals surface area (Å²) < 4.78 is 11.0. The average molecular weight is 351 g/mol. The lowest BCUT2D eigenvalue weighted by molar-refractivity contribution is -0.129. The molecule has 0 radical (unpaired) electrons. The SMILES string of the molecule is CC(COC=O)c1coc(CC(=O)c2cccc(Br)c2)c1. The third-order valence-corrected chi connectivity index (χ3v) is 3.63. The van der Waals surface area contributed by atoms with Gasteiger partial charge in [0.1, 0.15) is 5.76 Å². The lowest BCUT2D eigenvalue weighted by Gasteiger charge is -2.05. The number of benzene rings is 1. The van der Waals surface area contributed by atoms with Gasteiger partial charge in [-0.25, -0.2) is 0 Å². The molecule has 0 saturated carbocycles. The fraction of sp³-hybridized carbons (Fsp3) is 0.250. The molecule has 1 aromatic heterocycles. The number of halogens is 1. The summed E-state index contributed by atoms with van der Waals surface area (Å²) in [5.74, 6) is 0.635. The highest BCUT2D eigenvalue weighted by atomic mass is 79.9. The minimum absolute atomic E-state index is 0.00556. The summed E-state index contributed by atoms with van der Waals surface area (Å²) in [6, 6.07) is 9.08. The third kappa shape index (κ3) is 4.29. The van der Waals surface area contributed by atoms with Crippen LogP contribution in [0.3, 0.4) is 0 Å². The van der Waals surface area contributed by atoms with E-state index >= 15 is 0 Å². The van der Waals surface area contributed by atoms with Crippen LogP contribution in [0.5, 0.6) is 0 Å². The molecule has 110 valence electrons. The van der Waals surface area contributed by atoms with Crippen molar-refractivity contribution in [3.05, 3.63) is 58.0 Å². The van der Waals surface area contributed by atoms with E-state index in [1.54, 1.807) is 18.4 Å². The lowest BCUT2D eigenvalue weighted by atomic mass is 10.0. The normalized spacial score (nSPS) is 11.9. The van der Waals surface area contributed by atoms with Crippen molar-refractivity contribution < 1.29 is 18.7 Å². The average Bonchev–Trinajstić information content (AvgIpc) is 2.93. The Kier molecular flexibility index (Phi) is 5.33. The smallest absolute Gasteiger partial charge is 0.293 e. The highest BCUT2D eigenvalue weighted by molar-refractivity contribution is 9.10. The number of carbonyl (C=O) groups is 2. The summed E-state index contributed by atoms with van der Waals surface area (Å²) in [4.78, 5) is 22.3. The zero-order chi connectivity index (χ0) is 15.2. The number of Topliss-reactive ketones (excluding diaryl/α,β-unsaturated/α-hetero) is 1. The molecule has 4 nitrogen and oxygen atoms in total. The van der Waals surface area contributed by atoms with Crippen LogP contribution in [0.1, 0.15) is 34.5 Å². The van der Waals surface area contributed by atoms with Crippen molar-refractivity contribution in [3.63, 3.8) is 0 Å². The molecular weight excluding hydrogens is 336 g/mol. The molecule has 0 aliphatic rings. The second-order valence-corrected chi connectivity index (χ2v) is 5.70. The Morgan fingerprint density at radius 3 is 2.95 bits per heavy atom. The van der Waals surface area contributed by atoms with Crippen LogP contribution in [0.25, 0.3) is 0 Å². The maximum absolute atomic E-state index is 12.2. The molecular formula is C16H15BrO4. The van der Waals surface area contributed by atoms with Crippen molar-refractivity contribution in [2.45, 2.75) is 19.3 Å². The van der Waals surface area contributed by atoms with E-state index in [0.29, 0.717) is 24.4 Å². The highest BCUT2D eigenvalue weighted by Gasteiger charge is 2.14. The van der Waals surface area contributed by atoms with Crippen LogP contribution in [0.15, 0.2) is 45.5 Å². The summed E-state index contributed by atoms with van der Waals surface area (Å²) >= 11 is 3.35. The van der Waals surface area contributed by atoms with Gasteiger partial charge in [-0.2, -0.15) is 0 Å². The number of hydrogen-bond donors (Lipinski definition) is 0. The minimum atomic E-state index is -0.00556. The second-order valence-electron chi connectivity index (χ2n) is 4.79. The molecule has 5 heteroatoms. The van der Waals surface area contributed by atoms with Crippen LogP contribution in [-0.4, -0.2) is 18.9 Å². The van der Waals surface area contributed by atoms with Crippen molar-refractivity contribution in [2.75, 3.05) is 6.61 Å². The molecule has 0 aliphatic carbocycles. The lowest BCUT2D eigenvalue weighted by Crippen LogP contribution is -2.03. The van der Waals surface area contributed by atoms with Crippen LogP contribution < -0.4 is 0 Å². The van der Waals surface area contributed by atoms with E-state index < -0.39 is 0 Å². The Balaban J connectivity index is 2.02. The van der Waals surface area contributed by atoms with Gasteiger partial charge in [-0.05, 0) is 23.8 Å². The van der Waals surface area contributed by atoms with E-state index in [1.165, 1.54) is 0 Å². The largest absolute Gasteiger partial charge is 0.469 e. The Bertz CT molecular complexity index is 633. The number of carbonyl (C=O) groups excluding carboxylic acids is 2. The van der Waals surface area contributed by atoms with Gasteiger partial charge in [-0.3, -0.25) is 9.59 Å². The Morgan fingerprint density at radius 2 is 2.24 bits per heavy atom. The van der Waals surface area contributed by atoms with Gasteiger partial charge in [-0.1, -0.05) is 35.0 Å². The van der Waals surface area contributed by atoms with E-state index in [0.717, 1.165) is 10.0 Å². The van der Waals surface area contributed by atoms with Crippen LogP contribution in [0.4, 0.5) is 0 Å². The van der Waals surface area contributed by atoms with Gasteiger partial charge in [0, 0.05) is 16.0 Å². The van der Waals surface area contributed by atoms with E-state index in [-0.39, 0.29) is 18.1 Å². The highest BCUT2D eigenvalue weighted by Crippen LogP contribution is 2.20. The number of ketones is 1. The van der Waals surface area contributed by atoms with Crippen molar-refractivity contribution in [1.29, 1.82) is 0 Å². The Hall–Kier alpha value is -1.88. The summed E-state index contributed by atoms with van der Waals surface area (Å²) in [5.41, 5.74) is 1.55. The standard InChI is InChI=1S/C16H15BrO4/c1-11(8-20-10-18)13-6-15(21-9-13)7-16(19)12-3-2-4-14(17)5-12/h2-6,9-11H,7-8H2,1H3. The predicted molar refractivity (Wildman–Crippen MR) is 81.3 cm³/mol. The van der Waals surface area contributed by atoms with Crippen molar-refractivity contribution in [1.82, 2.24) is 0 Å². The molecule has 0 amide bonds. The van der Waals surface area contributed by atoms with Crippen molar-refractivity contribution >= 4 is 28.2 Å². The molecule has 1 unspecified atom stereocenters. The van der Waals surface area contributed by atoms with Crippen LogP contribution >= 0.6 is 15.9 Å². The molecule has 0 saturated heterocycles. The zero-order valence-electron chi connectivity index (χ0n) is 11.5.